The van der Waals surface area contributed by atoms with Crippen LogP contribution in [-0.4, -0.2) is 31.0 Å². The smallest absolute Gasteiger partial charge is 0.357 e. The van der Waals surface area contributed by atoms with Crippen molar-refractivity contribution in [1.82, 2.24) is 10.3 Å². The molecule has 0 saturated carbocycles. The van der Waals surface area contributed by atoms with E-state index in [1.54, 1.807) is 31.4 Å². The number of amides is 1. The highest BCUT2D eigenvalue weighted by Crippen LogP contribution is 2.28. The number of carbonyl (C=O) groups excluding carboxylic acids is 1. The van der Waals surface area contributed by atoms with Gasteiger partial charge in [0.2, 0.25) is 5.91 Å². The third kappa shape index (κ3) is 8.64. The molecule has 40 heavy (non-hydrogen) atoms. The van der Waals surface area contributed by atoms with Crippen molar-refractivity contribution < 1.29 is 22.5 Å². The van der Waals surface area contributed by atoms with Gasteiger partial charge in [-0.2, -0.15) is 8.42 Å². The highest BCUT2D eigenvalue weighted by atomic mass is 32.2. The molecule has 0 fully saturated rings. The Labute approximate surface area is 240 Å². The van der Waals surface area contributed by atoms with Crippen molar-refractivity contribution in [2.75, 3.05) is 11.8 Å². The van der Waals surface area contributed by atoms with Crippen LogP contribution in [0.4, 0.5) is 5.69 Å². The summed E-state index contributed by atoms with van der Waals surface area (Å²) in [6.07, 6.45) is 1.75. The molecule has 3 N–H and O–H groups in total. The fourth-order valence-electron chi connectivity index (χ4n) is 4.28. The minimum Gasteiger partial charge on any atom is -0.497 e. The van der Waals surface area contributed by atoms with Gasteiger partial charge in [-0.25, -0.2) is 4.98 Å². The monoisotopic (exact) mass is 581 g/mol. The summed E-state index contributed by atoms with van der Waals surface area (Å²) >= 11 is 1.50. The lowest BCUT2D eigenvalue weighted by atomic mass is 9.90. The van der Waals surface area contributed by atoms with Gasteiger partial charge in [0, 0.05) is 5.38 Å². The molecule has 0 aliphatic rings. The molecule has 3 aromatic carbocycles. The first-order chi connectivity index (χ1) is 18.7. The maximum atomic E-state index is 13.9. The largest absolute Gasteiger partial charge is 0.497 e. The number of ether oxygens (including phenoxy) is 1. The van der Waals surface area contributed by atoms with Crippen LogP contribution >= 0.6 is 11.3 Å². The maximum absolute atomic E-state index is 13.9. The average molecular weight is 582 g/mol. The van der Waals surface area contributed by atoms with E-state index in [4.69, 9.17) is 14.3 Å². The number of carbonyl (C=O) groups is 1. The van der Waals surface area contributed by atoms with Gasteiger partial charge in [-0.1, -0.05) is 68.9 Å². The predicted octanol–water partition coefficient (Wildman–Crippen LogP) is 5.99. The number of nitrogens with one attached hydrogen (secondary N) is 2. The topological polar surface area (TPSA) is 118 Å². The Hall–Kier alpha value is -3.73. The number of aromatic nitrogens is 1. The van der Waals surface area contributed by atoms with Crippen LogP contribution in [0.3, 0.4) is 0 Å². The van der Waals surface area contributed by atoms with Crippen LogP contribution in [0.5, 0.6) is 5.75 Å². The first-order valence-corrected chi connectivity index (χ1v) is 14.8. The Kier molecular flexibility index (Phi) is 10.8. The van der Waals surface area contributed by atoms with Gasteiger partial charge in [0.15, 0.2) is 0 Å². The summed E-state index contributed by atoms with van der Waals surface area (Å²) < 4.78 is 38.8. The number of anilines is 1. The Morgan fingerprint density at radius 3 is 2.33 bits per heavy atom. The van der Waals surface area contributed by atoms with E-state index in [2.05, 4.69) is 5.32 Å². The second-order valence-electron chi connectivity index (χ2n) is 9.09. The quantitative estimate of drug-likeness (QED) is 0.177. The van der Waals surface area contributed by atoms with Crippen LogP contribution in [0.2, 0.25) is 0 Å². The summed E-state index contributed by atoms with van der Waals surface area (Å²) in [4.78, 5) is 18.7. The predicted molar refractivity (Wildman–Crippen MR) is 160 cm³/mol. The molecule has 0 aliphatic heterocycles. The lowest BCUT2D eigenvalue weighted by Crippen LogP contribution is -2.35. The second-order valence-corrected chi connectivity index (χ2v) is 11.1. The summed E-state index contributed by atoms with van der Waals surface area (Å²) in [5, 5.41) is 6.04. The zero-order chi connectivity index (χ0) is 27.8. The third-order valence-corrected chi connectivity index (χ3v) is 7.78. The molecule has 0 bridgehead atoms. The fraction of sp³-hybridized carbons (Fsp3) is 0.267. The van der Waals surface area contributed by atoms with Gasteiger partial charge in [-0.15, -0.1) is 11.3 Å². The van der Waals surface area contributed by atoms with Gasteiger partial charge in [-0.05, 0) is 60.2 Å². The third-order valence-electron chi connectivity index (χ3n) is 6.28. The van der Waals surface area contributed by atoms with E-state index >= 15 is 0 Å². The highest BCUT2D eigenvalue weighted by Gasteiger charge is 2.26. The number of rotatable bonds is 12. The van der Waals surface area contributed by atoms with Gasteiger partial charge in [0.1, 0.15) is 10.8 Å². The Morgan fingerprint density at radius 2 is 1.70 bits per heavy atom. The van der Waals surface area contributed by atoms with E-state index in [1.165, 1.54) is 11.3 Å². The van der Waals surface area contributed by atoms with Crippen molar-refractivity contribution in [2.24, 2.45) is 0 Å². The molecule has 1 unspecified atom stereocenters. The van der Waals surface area contributed by atoms with Crippen LogP contribution < -0.4 is 14.8 Å². The summed E-state index contributed by atoms with van der Waals surface area (Å²) in [5.74, 6) is 0.0907. The van der Waals surface area contributed by atoms with Gasteiger partial charge >= 0.3 is 10.3 Å². The van der Waals surface area contributed by atoms with E-state index in [-0.39, 0.29) is 19.0 Å². The first-order valence-electron chi connectivity index (χ1n) is 12.5. The van der Waals surface area contributed by atoms with Crippen molar-refractivity contribution in [1.29, 1.82) is 0 Å². The number of aryl methyl sites for hydroxylation is 1. The number of benzene rings is 3. The van der Waals surface area contributed by atoms with Gasteiger partial charge in [-0.3, -0.25) is 14.1 Å². The van der Waals surface area contributed by atoms with Gasteiger partial charge < -0.3 is 10.1 Å². The van der Waals surface area contributed by atoms with Crippen LogP contribution in [-0.2, 0) is 34.4 Å². The lowest BCUT2D eigenvalue weighted by molar-refractivity contribution is -0.123. The summed E-state index contributed by atoms with van der Waals surface area (Å²) in [6, 6.07) is 23.7. The Balaban J connectivity index is 0.00000441. The number of hydrogen-bond acceptors (Lipinski definition) is 6. The molecule has 8 nitrogen and oxygen atoms in total. The molecule has 0 radical (unpaired) electrons. The maximum Gasteiger partial charge on any atom is 0.357 e. The van der Waals surface area contributed by atoms with Crippen LogP contribution in [0, 0.1) is 0 Å². The molecule has 212 valence electrons. The number of methoxy groups -OCH3 is 1. The number of nitrogens with zero attached hydrogens (tertiary/aromatic N) is 1. The molecular weight excluding hydrogens is 546 g/mol. The van der Waals surface area contributed by atoms with Crippen LogP contribution in [0.1, 0.15) is 53.7 Å². The standard InChI is InChI=1S/C29H31N3O5S2.CH4/c1-3-23-19-38-29(30-23)27(17-21-12-14-24(15-13-21)32-39(34,35)36)31-28(33)26(16-20-8-5-4-6-9-20)22-10-7-11-25(18-22)37-2;/h4-15,18-19,26-27,32H,3,16-17H2,1-2H3,(H,31,33)(H,34,35,36);1H4/t26?,27-;/m0./s1. The van der Waals surface area contributed by atoms with Crippen molar-refractivity contribution in [2.45, 2.75) is 45.6 Å². The highest BCUT2D eigenvalue weighted by molar-refractivity contribution is 7.87. The molecule has 0 aliphatic carbocycles. The van der Waals surface area contributed by atoms with Gasteiger partial charge in [0.25, 0.3) is 0 Å². The normalized spacial score (nSPS) is 12.6. The van der Waals surface area contributed by atoms with E-state index in [0.717, 1.165) is 33.8 Å². The SMILES string of the molecule is C.CCc1csc([C@H](Cc2ccc(NS(=O)(=O)O)cc2)NC(=O)C(Cc2ccccc2)c2cccc(OC)c2)n1. The van der Waals surface area contributed by atoms with Crippen LogP contribution in [0.25, 0.3) is 0 Å². The molecule has 4 rings (SSSR count). The molecule has 1 aromatic heterocycles. The fourth-order valence-corrected chi connectivity index (χ4v) is 5.67. The molecule has 2 atom stereocenters. The molecule has 4 aromatic rings. The van der Waals surface area contributed by atoms with Crippen molar-refractivity contribution >= 4 is 33.2 Å². The van der Waals surface area contributed by atoms with Crippen molar-refractivity contribution in [3.63, 3.8) is 0 Å². The van der Waals surface area contributed by atoms with E-state index < -0.39 is 22.3 Å². The minimum absolute atomic E-state index is 0. The van der Waals surface area contributed by atoms with Crippen molar-refractivity contribution in [3.8, 4) is 5.75 Å². The zero-order valence-corrected chi connectivity index (χ0v) is 23.3. The molecule has 10 heteroatoms. The van der Waals surface area contributed by atoms with E-state index in [1.807, 2.05) is 71.6 Å². The molecular formula is C30H35N3O5S2. The summed E-state index contributed by atoms with van der Waals surface area (Å²) in [7, 11) is -2.76. The minimum atomic E-state index is -4.36. The average Bonchev–Trinajstić information content (AvgIpc) is 3.41. The Bertz CT molecular complexity index is 1490. The van der Waals surface area contributed by atoms with Crippen molar-refractivity contribution in [3.05, 3.63) is 112 Å². The Morgan fingerprint density at radius 1 is 1.00 bits per heavy atom. The molecule has 0 spiro atoms. The lowest BCUT2D eigenvalue weighted by Gasteiger charge is -2.23. The molecule has 0 saturated heterocycles. The van der Waals surface area contributed by atoms with Crippen LogP contribution in [0.15, 0.2) is 84.2 Å². The molecule has 1 amide bonds. The summed E-state index contributed by atoms with van der Waals surface area (Å²) in [5.41, 5.74) is 3.96. The van der Waals surface area contributed by atoms with E-state index in [9.17, 15) is 13.2 Å². The molecule has 1 heterocycles. The first kappa shape index (κ1) is 30.8. The zero-order valence-electron chi connectivity index (χ0n) is 21.7. The number of hydrogen-bond donors (Lipinski definition) is 3. The van der Waals surface area contributed by atoms with E-state index in [0.29, 0.717) is 18.6 Å². The second kappa shape index (κ2) is 14.1. The van der Waals surface area contributed by atoms with Gasteiger partial charge in [0.05, 0.1) is 30.5 Å². The summed E-state index contributed by atoms with van der Waals surface area (Å²) in [6.45, 7) is 2.03. The number of thiazole rings is 1.